The molecule has 2 bridgehead atoms. The lowest BCUT2D eigenvalue weighted by atomic mass is 9.64. The molecule has 48 heavy (non-hydrogen) atoms. The molecule has 3 aliphatic carbocycles. The van der Waals surface area contributed by atoms with Crippen LogP contribution in [0.25, 0.3) is 0 Å². The van der Waals surface area contributed by atoms with Gasteiger partial charge in [-0.1, -0.05) is 61.0 Å². The number of hydrogen-bond donors (Lipinski definition) is 3. The fourth-order valence-corrected chi connectivity index (χ4v) is 7.81. The molecule has 3 aliphatic rings. The molecule has 0 saturated heterocycles. The average molecular weight is 657 g/mol. The Hall–Kier alpha value is -3.72. The molecule has 1 aromatic heterocycles. The van der Waals surface area contributed by atoms with E-state index in [1.165, 1.54) is 11.8 Å². The lowest BCUT2D eigenvalue weighted by molar-refractivity contribution is -0.0775. The van der Waals surface area contributed by atoms with Gasteiger partial charge >= 0.3 is 6.03 Å². The van der Waals surface area contributed by atoms with E-state index in [0.717, 1.165) is 29.5 Å². The first-order chi connectivity index (χ1) is 23.0. The summed E-state index contributed by atoms with van der Waals surface area (Å²) in [6.45, 7) is 7.29. The molecular formula is C40H52N2O6. The van der Waals surface area contributed by atoms with Crippen molar-refractivity contribution in [2.45, 2.75) is 95.8 Å². The summed E-state index contributed by atoms with van der Waals surface area (Å²) in [6.07, 6.45) is 8.23. The topological polar surface area (TPSA) is 112 Å². The highest BCUT2D eigenvalue weighted by molar-refractivity contribution is 6.08. The fourth-order valence-electron chi connectivity index (χ4n) is 7.81. The van der Waals surface area contributed by atoms with Crippen LogP contribution in [0.15, 0.2) is 83.0 Å². The zero-order chi connectivity index (χ0) is 34.3. The van der Waals surface area contributed by atoms with Gasteiger partial charge in [-0.15, -0.1) is 0 Å². The monoisotopic (exact) mass is 656 g/mol. The van der Waals surface area contributed by atoms with Crippen LogP contribution in [0.5, 0.6) is 0 Å². The van der Waals surface area contributed by atoms with Crippen LogP contribution < -0.4 is 5.32 Å². The van der Waals surface area contributed by atoms with Crippen LogP contribution in [0.4, 0.5) is 4.79 Å². The smallest absolute Gasteiger partial charge is 0.317 e. The molecule has 0 spiro atoms. The molecule has 0 radical (unpaired) electrons. The number of rotatable bonds is 10. The highest BCUT2D eigenvalue weighted by Crippen LogP contribution is 2.59. The minimum absolute atomic E-state index is 0.154. The highest BCUT2D eigenvalue weighted by atomic mass is 16.5. The van der Waals surface area contributed by atoms with Crippen molar-refractivity contribution < 1.29 is 29.0 Å². The summed E-state index contributed by atoms with van der Waals surface area (Å²) < 4.78 is 10.9. The Morgan fingerprint density at radius 1 is 1.10 bits per heavy atom. The maximum Gasteiger partial charge on any atom is 0.317 e. The van der Waals surface area contributed by atoms with Gasteiger partial charge in [0.05, 0.1) is 30.6 Å². The third kappa shape index (κ3) is 7.94. The number of aliphatic hydroxyl groups is 2. The van der Waals surface area contributed by atoms with Crippen molar-refractivity contribution >= 4 is 11.8 Å². The molecule has 6 rings (SSSR count). The Morgan fingerprint density at radius 3 is 2.62 bits per heavy atom. The second kappa shape index (κ2) is 15.7. The molecule has 1 heterocycles. The SMILES string of the molecule is COCCCN(C[C@]1(O)CC[C@H]2c3ccc(cc3C(=O)c3ccco3)C[C@@H](O)CCC(C)=CCC[C@@]21C)C(=O)N[C@H](C)c1ccccc1. The number of fused-ring (bicyclic) bond motifs is 8. The zero-order valence-corrected chi connectivity index (χ0v) is 28.9. The number of allylic oxidation sites excluding steroid dienone is 2. The number of nitrogens with zero attached hydrogens (tertiary/aromatic N) is 1. The van der Waals surface area contributed by atoms with Crippen LogP contribution in [0.3, 0.4) is 0 Å². The van der Waals surface area contributed by atoms with Crippen molar-refractivity contribution in [1.29, 1.82) is 0 Å². The highest BCUT2D eigenvalue weighted by Gasteiger charge is 2.57. The number of nitrogens with one attached hydrogen (secondary N) is 1. The van der Waals surface area contributed by atoms with Crippen LogP contribution in [-0.4, -0.2) is 65.4 Å². The summed E-state index contributed by atoms with van der Waals surface area (Å²) in [5.41, 5.74) is 2.64. The van der Waals surface area contributed by atoms with Crippen LogP contribution in [0.1, 0.15) is 110 Å². The van der Waals surface area contributed by atoms with E-state index in [2.05, 4.69) is 25.2 Å². The molecule has 8 nitrogen and oxygen atoms in total. The van der Waals surface area contributed by atoms with Crippen LogP contribution in [0, 0.1) is 5.41 Å². The Morgan fingerprint density at radius 2 is 1.90 bits per heavy atom. The average Bonchev–Trinajstić information content (AvgIpc) is 3.70. The first kappa shape index (κ1) is 35.6. The molecule has 3 N–H and O–H groups in total. The van der Waals surface area contributed by atoms with E-state index in [4.69, 9.17) is 9.15 Å². The second-order valence-electron chi connectivity index (χ2n) is 14.1. The fraction of sp³-hybridized carbons (Fsp3) is 0.500. The predicted octanol–water partition coefficient (Wildman–Crippen LogP) is 7.36. The number of carbonyl (C=O) groups excluding carboxylic acids is 2. The normalized spacial score (nSPS) is 25.1. The first-order valence-electron chi connectivity index (χ1n) is 17.4. The molecule has 3 aromatic rings. The third-order valence-corrected chi connectivity index (χ3v) is 10.8. The molecule has 1 saturated carbocycles. The van der Waals surface area contributed by atoms with Gasteiger partial charge in [-0.2, -0.15) is 0 Å². The van der Waals surface area contributed by atoms with Crippen molar-refractivity contribution in [3.05, 3.63) is 107 Å². The van der Waals surface area contributed by atoms with E-state index in [1.54, 1.807) is 24.1 Å². The van der Waals surface area contributed by atoms with E-state index in [-0.39, 0.29) is 36.1 Å². The van der Waals surface area contributed by atoms with E-state index in [1.807, 2.05) is 55.5 Å². The van der Waals surface area contributed by atoms with Gasteiger partial charge in [-0.25, -0.2) is 4.79 Å². The van der Waals surface area contributed by atoms with Gasteiger partial charge in [0.1, 0.15) is 0 Å². The number of hydrogen-bond acceptors (Lipinski definition) is 6. The molecule has 0 aliphatic heterocycles. The number of methoxy groups -OCH3 is 1. The molecule has 5 atom stereocenters. The van der Waals surface area contributed by atoms with Crippen LogP contribution >= 0.6 is 0 Å². The number of urea groups is 1. The second-order valence-corrected chi connectivity index (χ2v) is 14.1. The van der Waals surface area contributed by atoms with Crippen LogP contribution in [0.2, 0.25) is 0 Å². The van der Waals surface area contributed by atoms with Crippen molar-refractivity contribution in [3.8, 4) is 0 Å². The van der Waals surface area contributed by atoms with Gasteiger partial charge in [0.25, 0.3) is 0 Å². The Kier molecular flexibility index (Phi) is 11.6. The predicted molar refractivity (Wildman–Crippen MR) is 187 cm³/mol. The standard InChI is InChI=1S/C40H52N2O6/c1-28-11-8-20-39(3)35(33-18-16-30(25-32(43)17-15-28)26-34(33)37(44)36-14-9-24-48-36)19-21-40(39,46)27-42(22-10-23-47-4)38(45)41-29(2)31-12-6-5-7-13-31/h5-7,9,11-14,16,18,24,26,29,32,35,43,46H,8,10,15,17,19-23,25,27H2,1-4H3,(H,41,45)/t29-,32+,35+,39+,40-/m1/s1. The van der Waals surface area contributed by atoms with Crippen molar-refractivity contribution in [2.24, 2.45) is 5.41 Å². The molecule has 258 valence electrons. The summed E-state index contributed by atoms with van der Waals surface area (Å²) in [5, 5.41) is 26.9. The van der Waals surface area contributed by atoms with E-state index in [9.17, 15) is 19.8 Å². The minimum Gasteiger partial charge on any atom is -0.461 e. The van der Waals surface area contributed by atoms with E-state index in [0.29, 0.717) is 57.2 Å². The first-order valence-corrected chi connectivity index (χ1v) is 17.4. The maximum absolute atomic E-state index is 14.0. The Labute approximate surface area is 285 Å². The number of ether oxygens (including phenoxy) is 1. The number of amides is 2. The van der Waals surface area contributed by atoms with Gasteiger partial charge in [-0.05, 0) is 106 Å². The van der Waals surface area contributed by atoms with Gasteiger partial charge in [0, 0.05) is 31.2 Å². The Bertz CT molecular complexity index is 1550. The molecule has 0 unspecified atom stereocenters. The van der Waals surface area contributed by atoms with Crippen LogP contribution in [-0.2, 0) is 11.2 Å². The minimum atomic E-state index is -1.23. The summed E-state index contributed by atoms with van der Waals surface area (Å²) in [7, 11) is 1.65. The Balaban J connectivity index is 1.52. The molecule has 8 heteroatoms. The molecule has 2 amide bonds. The van der Waals surface area contributed by atoms with E-state index >= 15 is 0 Å². The molecule has 1 fully saturated rings. The third-order valence-electron chi connectivity index (χ3n) is 10.8. The number of aliphatic hydroxyl groups excluding tert-OH is 1. The van der Waals surface area contributed by atoms with Gasteiger partial charge in [0.15, 0.2) is 5.76 Å². The summed E-state index contributed by atoms with van der Waals surface area (Å²) in [5.74, 6) is -0.0984. The summed E-state index contributed by atoms with van der Waals surface area (Å²) >= 11 is 0. The molecular weight excluding hydrogens is 604 g/mol. The van der Waals surface area contributed by atoms with Gasteiger partial charge < -0.3 is 29.6 Å². The van der Waals surface area contributed by atoms with Gasteiger partial charge in [0.2, 0.25) is 5.78 Å². The van der Waals surface area contributed by atoms with Crippen molar-refractivity contribution in [1.82, 2.24) is 10.2 Å². The number of carbonyl (C=O) groups is 2. The number of furan rings is 1. The largest absolute Gasteiger partial charge is 0.461 e. The quantitative estimate of drug-likeness (QED) is 0.119. The lowest BCUT2D eigenvalue weighted by Crippen LogP contribution is -2.55. The van der Waals surface area contributed by atoms with Crippen molar-refractivity contribution in [3.63, 3.8) is 0 Å². The summed E-state index contributed by atoms with van der Waals surface area (Å²) in [4.78, 5) is 29.6. The van der Waals surface area contributed by atoms with Gasteiger partial charge in [-0.3, -0.25) is 4.79 Å². The maximum atomic E-state index is 14.0. The van der Waals surface area contributed by atoms with E-state index < -0.39 is 17.1 Å². The lowest BCUT2D eigenvalue weighted by Gasteiger charge is -2.46. The number of benzene rings is 2. The summed E-state index contributed by atoms with van der Waals surface area (Å²) in [6, 6.07) is 18.8. The number of ketones is 1. The zero-order valence-electron chi connectivity index (χ0n) is 28.9. The van der Waals surface area contributed by atoms with Crippen molar-refractivity contribution in [2.75, 3.05) is 26.8 Å². The molecule has 2 aromatic carbocycles.